The summed E-state index contributed by atoms with van der Waals surface area (Å²) in [4.78, 5) is 9.94. The highest BCUT2D eigenvalue weighted by Crippen LogP contribution is 2.30. The molecule has 2 heterocycles. The van der Waals surface area contributed by atoms with Crippen LogP contribution in [0.1, 0.15) is 12.5 Å². The van der Waals surface area contributed by atoms with Gasteiger partial charge in [0.15, 0.2) is 0 Å². The first-order valence-corrected chi connectivity index (χ1v) is 5.21. The molecule has 1 aromatic heterocycles. The summed E-state index contributed by atoms with van der Waals surface area (Å²) in [5.41, 5.74) is -0.285. The number of nitro groups is 1. The molecule has 1 saturated heterocycles. The van der Waals surface area contributed by atoms with Gasteiger partial charge in [-0.2, -0.15) is 5.10 Å². The van der Waals surface area contributed by atoms with Crippen molar-refractivity contribution in [1.29, 1.82) is 0 Å². The summed E-state index contributed by atoms with van der Waals surface area (Å²) in [7, 11) is 0. The molecular formula is C8H10ClFN4O2. The normalized spacial score (nSPS) is 25.6. The van der Waals surface area contributed by atoms with Gasteiger partial charge in [0.05, 0.1) is 11.0 Å². The molecule has 0 radical (unpaired) electrons. The lowest BCUT2D eigenvalue weighted by Crippen LogP contribution is -2.39. The molecule has 1 aromatic rings. The lowest BCUT2D eigenvalue weighted by molar-refractivity contribution is -0.384. The Kier molecular flexibility index (Phi) is 3.06. The van der Waals surface area contributed by atoms with Gasteiger partial charge in [0.2, 0.25) is 5.15 Å². The SMILES string of the molecule is O=[N+]([O-])c1cnn([C@H]2CCNC[C@@H]2F)c1Cl. The second kappa shape index (κ2) is 4.34. The lowest BCUT2D eigenvalue weighted by atomic mass is 10.1. The molecule has 16 heavy (non-hydrogen) atoms. The molecule has 6 nitrogen and oxygen atoms in total. The van der Waals surface area contributed by atoms with Crippen LogP contribution in [0.3, 0.4) is 0 Å². The second-order valence-corrected chi connectivity index (χ2v) is 3.96. The van der Waals surface area contributed by atoms with Crippen molar-refractivity contribution in [1.82, 2.24) is 15.1 Å². The highest BCUT2D eigenvalue weighted by atomic mass is 35.5. The average molecular weight is 249 g/mol. The summed E-state index contributed by atoms with van der Waals surface area (Å²) >= 11 is 5.79. The summed E-state index contributed by atoms with van der Waals surface area (Å²) in [5.74, 6) is 0. The van der Waals surface area contributed by atoms with Gasteiger partial charge in [-0.1, -0.05) is 11.6 Å². The van der Waals surface area contributed by atoms with Gasteiger partial charge < -0.3 is 5.32 Å². The van der Waals surface area contributed by atoms with Crippen molar-refractivity contribution in [3.8, 4) is 0 Å². The summed E-state index contributed by atoms with van der Waals surface area (Å²) < 4.78 is 14.8. The van der Waals surface area contributed by atoms with Crippen LogP contribution >= 0.6 is 11.6 Å². The summed E-state index contributed by atoms with van der Waals surface area (Å²) in [6.07, 6.45) is 0.433. The minimum Gasteiger partial charge on any atom is -0.314 e. The molecule has 0 amide bonds. The van der Waals surface area contributed by atoms with Crippen LogP contribution < -0.4 is 5.32 Å². The summed E-state index contributed by atoms with van der Waals surface area (Å²) in [5, 5.41) is 17.1. The van der Waals surface area contributed by atoms with Crippen molar-refractivity contribution in [3.05, 3.63) is 21.5 Å². The van der Waals surface area contributed by atoms with E-state index in [-0.39, 0.29) is 17.4 Å². The minimum atomic E-state index is -1.13. The van der Waals surface area contributed by atoms with Crippen molar-refractivity contribution in [2.45, 2.75) is 18.6 Å². The highest BCUT2D eigenvalue weighted by molar-refractivity contribution is 6.31. The third kappa shape index (κ3) is 1.88. The van der Waals surface area contributed by atoms with E-state index in [2.05, 4.69) is 10.4 Å². The highest BCUT2D eigenvalue weighted by Gasteiger charge is 2.31. The van der Waals surface area contributed by atoms with Gasteiger partial charge in [-0.05, 0) is 13.0 Å². The maximum Gasteiger partial charge on any atom is 0.325 e. The number of aromatic nitrogens is 2. The molecule has 1 aliphatic rings. The number of hydrogen-bond acceptors (Lipinski definition) is 4. The number of nitrogens with zero attached hydrogens (tertiary/aromatic N) is 3. The van der Waals surface area contributed by atoms with Gasteiger partial charge in [0, 0.05) is 6.54 Å². The smallest absolute Gasteiger partial charge is 0.314 e. The minimum absolute atomic E-state index is 0.112. The summed E-state index contributed by atoms with van der Waals surface area (Å²) in [6, 6.07) is -0.526. The predicted octanol–water partition coefficient (Wildman–Crippen LogP) is 1.32. The molecule has 1 fully saturated rings. The molecule has 0 saturated carbocycles. The molecule has 0 aromatic carbocycles. The van der Waals surface area contributed by atoms with Gasteiger partial charge in [0.1, 0.15) is 12.4 Å². The van der Waals surface area contributed by atoms with E-state index in [0.29, 0.717) is 13.0 Å². The van der Waals surface area contributed by atoms with Gasteiger partial charge in [-0.25, -0.2) is 9.07 Å². The van der Waals surface area contributed by atoms with Crippen LogP contribution in [0.25, 0.3) is 0 Å². The third-order valence-electron chi connectivity index (χ3n) is 2.60. The molecule has 8 heteroatoms. The van der Waals surface area contributed by atoms with Gasteiger partial charge in [-0.15, -0.1) is 0 Å². The van der Waals surface area contributed by atoms with E-state index < -0.39 is 17.1 Å². The number of nitrogens with one attached hydrogen (secondary N) is 1. The molecule has 0 bridgehead atoms. The average Bonchev–Trinajstić information content (AvgIpc) is 2.61. The standard InChI is InChI=1S/C8H10ClFN4O2/c9-8-7(14(15)16)4-12-13(8)6-1-2-11-3-5(6)10/h4-6,11H,1-3H2/t5-,6-/m0/s1. The Bertz CT molecular complexity index is 411. The Morgan fingerprint density at radius 3 is 3.06 bits per heavy atom. The fourth-order valence-corrected chi connectivity index (χ4v) is 2.06. The molecule has 2 rings (SSSR count). The lowest BCUT2D eigenvalue weighted by Gasteiger charge is -2.26. The Hall–Kier alpha value is -1.21. The Morgan fingerprint density at radius 1 is 1.75 bits per heavy atom. The van der Waals surface area contributed by atoms with Crippen LogP contribution in [0, 0.1) is 10.1 Å². The molecule has 0 spiro atoms. The van der Waals surface area contributed by atoms with E-state index in [9.17, 15) is 14.5 Å². The van der Waals surface area contributed by atoms with Crippen LogP contribution in [0.4, 0.5) is 10.1 Å². The Labute approximate surface area is 95.5 Å². The van der Waals surface area contributed by atoms with Crippen LogP contribution in [0.15, 0.2) is 6.20 Å². The second-order valence-electron chi connectivity index (χ2n) is 3.60. The maximum atomic E-state index is 13.6. The number of alkyl halides is 1. The first kappa shape index (κ1) is 11.3. The van der Waals surface area contributed by atoms with Gasteiger partial charge >= 0.3 is 5.69 Å². The van der Waals surface area contributed by atoms with Crippen molar-refractivity contribution < 1.29 is 9.31 Å². The molecule has 0 unspecified atom stereocenters. The number of halogens is 2. The van der Waals surface area contributed by atoms with E-state index in [0.717, 1.165) is 6.20 Å². The Morgan fingerprint density at radius 2 is 2.50 bits per heavy atom. The molecular weight excluding hydrogens is 239 g/mol. The maximum absolute atomic E-state index is 13.6. The van der Waals surface area contributed by atoms with Crippen molar-refractivity contribution in [2.24, 2.45) is 0 Å². The largest absolute Gasteiger partial charge is 0.325 e. The number of piperidine rings is 1. The molecule has 2 atom stereocenters. The fourth-order valence-electron chi connectivity index (χ4n) is 1.77. The first-order chi connectivity index (χ1) is 7.61. The zero-order chi connectivity index (χ0) is 11.7. The van der Waals surface area contributed by atoms with Crippen molar-refractivity contribution in [3.63, 3.8) is 0 Å². The van der Waals surface area contributed by atoms with Gasteiger partial charge in [0.25, 0.3) is 0 Å². The van der Waals surface area contributed by atoms with Crippen LogP contribution in [0.2, 0.25) is 5.15 Å². The van der Waals surface area contributed by atoms with E-state index >= 15 is 0 Å². The zero-order valence-corrected chi connectivity index (χ0v) is 9.02. The fraction of sp³-hybridized carbons (Fsp3) is 0.625. The van der Waals surface area contributed by atoms with Gasteiger partial charge in [-0.3, -0.25) is 10.1 Å². The monoisotopic (exact) mass is 248 g/mol. The molecule has 1 N–H and O–H groups in total. The van der Waals surface area contributed by atoms with Crippen LogP contribution in [0.5, 0.6) is 0 Å². The van der Waals surface area contributed by atoms with Crippen molar-refractivity contribution >= 4 is 17.3 Å². The molecule has 1 aliphatic heterocycles. The van der Waals surface area contributed by atoms with E-state index in [1.807, 2.05) is 0 Å². The first-order valence-electron chi connectivity index (χ1n) is 4.83. The van der Waals surface area contributed by atoms with E-state index in [1.165, 1.54) is 4.68 Å². The number of hydrogen-bond donors (Lipinski definition) is 1. The van der Waals surface area contributed by atoms with Crippen LogP contribution in [-0.4, -0.2) is 34.0 Å². The quantitative estimate of drug-likeness (QED) is 0.633. The summed E-state index contributed by atoms with van der Waals surface area (Å²) in [6.45, 7) is 0.865. The number of rotatable bonds is 2. The van der Waals surface area contributed by atoms with Crippen molar-refractivity contribution in [2.75, 3.05) is 13.1 Å². The third-order valence-corrected chi connectivity index (χ3v) is 2.97. The van der Waals surface area contributed by atoms with Crippen LogP contribution in [-0.2, 0) is 0 Å². The van der Waals surface area contributed by atoms with E-state index in [1.54, 1.807) is 0 Å². The molecule has 0 aliphatic carbocycles. The topological polar surface area (TPSA) is 73.0 Å². The zero-order valence-electron chi connectivity index (χ0n) is 8.27. The molecule has 88 valence electrons. The van der Waals surface area contributed by atoms with E-state index in [4.69, 9.17) is 11.6 Å². The Balaban J connectivity index is 2.29. The predicted molar refractivity (Wildman–Crippen MR) is 55.3 cm³/mol.